The highest BCUT2D eigenvalue weighted by atomic mass is 19.1. The Morgan fingerprint density at radius 3 is 2.53 bits per heavy atom. The molecular weight excluding hydrogens is 241 g/mol. The van der Waals surface area contributed by atoms with Gasteiger partial charge in [-0.2, -0.15) is 0 Å². The SMILES string of the molecule is Fc1cccc(Oc2ccccc2N2CCCC2)c1. The molecule has 2 nitrogen and oxygen atoms in total. The maximum Gasteiger partial charge on any atom is 0.150 e. The number of anilines is 1. The minimum atomic E-state index is -0.281. The third-order valence-corrected chi connectivity index (χ3v) is 3.34. The number of nitrogens with zero attached hydrogens (tertiary/aromatic N) is 1. The minimum Gasteiger partial charge on any atom is -0.455 e. The smallest absolute Gasteiger partial charge is 0.150 e. The quantitative estimate of drug-likeness (QED) is 0.816. The first-order valence-corrected chi connectivity index (χ1v) is 6.60. The molecule has 0 saturated carbocycles. The van der Waals surface area contributed by atoms with Crippen LogP contribution >= 0.6 is 0 Å². The summed E-state index contributed by atoms with van der Waals surface area (Å²) in [5, 5.41) is 0. The lowest BCUT2D eigenvalue weighted by atomic mass is 10.2. The van der Waals surface area contributed by atoms with E-state index in [1.165, 1.54) is 25.0 Å². The monoisotopic (exact) mass is 257 g/mol. The molecule has 1 aliphatic heterocycles. The van der Waals surface area contributed by atoms with Crippen molar-refractivity contribution in [3.05, 3.63) is 54.3 Å². The van der Waals surface area contributed by atoms with Crippen LogP contribution in [0.1, 0.15) is 12.8 Å². The molecule has 1 heterocycles. The number of hydrogen-bond acceptors (Lipinski definition) is 2. The highest BCUT2D eigenvalue weighted by Gasteiger charge is 2.16. The molecule has 0 bridgehead atoms. The van der Waals surface area contributed by atoms with Crippen LogP contribution in [0.25, 0.3) is 0 Å². The van der Waals surface area contributed by atoms with Crippen LogP contribution in [0, 0.1) is 5.82 Å². The van der Waals surface area contributed by atoms with Crippen molar-refractivity contribution in [2.45, 2.75) is 12.8 Å². The summed E-state index contributed by atoms with van der Waals surface area (Å²) in [5.74, 6) is 1.04. The van der Waals surface area contributed by atoms with Crippen molar-refractivity contribution in [2.24, 2.45) is 0 Å². The second kappa shape index (κ2) is 5.31. The second-order valence-corrected chi connectivity index (χ2v) is 4.72. The van der Waals surface area contributed by atoms with Crippen LogP contribution in [-0.2, 0) is 0 Å². The van der Waals surface area contributed by atoms with Gasteiger partial charge in [0.05, 0.1) is 5.69 Å². The Balaban J connectivity index is 1.88. The summed E-state index contributed by atoms with van der Waals surface area (Å²) in [6, 6.07) is 14.2. The maximum atomic E-state index is 13.2. The van der Waals surface area contributed by atoms with Gasteiger partial charge in [0.25, 0.3) is 0 Å². The van der Waals surface area contributed by atoms with Crippen LogP contribution in [0.3, 0.4) is 0 Å². The highest BCUT2D eigenvalue weighted by Crippen LogP contribution is 2.34. The Labute approximate surface area is 112 Å². The molecule has 2 aromatic rings. The minimum absolute atomic E-state index is 0.281. The van der Waals surface area contributed by atoms with Crippen molar-refractivity contribution in [3.63, 3.8) is 0 Å². The molecule has 1 fully saturated rings. The third-order valence-electron chi connectivity index (χ3n) is 3.34. The van der Waals surface area contributed by atoms with Crippen LogP contribution in [0.15, 0.2) is 48.5 Å². The fourth-order valence-electron chi connectivity index (χ4n) is 2.42. The fourth-order valence-corrected chi connectivity index (χ4v) is 2.42. The molecule has 1 aliphatic rings. The van der Waals surface area contributed by atoms with E-state index in [0.717, 1.165) is 24.5 Å². The van der Waals surface area contributed by atoms with Gasteiger partial charge in [0.2, 0.25) is 0 Å². The van der Waals surface area contributed by atoms with E-state index in [0.29, 0.717) is 5.75 Å². The van der Waals surface area contributed by atoms with Crippen molar-refractivity contribution in [1.29, 1.82) is 0 Å². The van der Waals surface area contributed by atoms with E-state index in [1.54, 1.807) is 12.1 Å². The van der Waals surface area contributed by atoms with Crippen LogP contribution in [-0.4, -0.2) is 13.1 Å². The summed E-state index contributed by atoms with van der Waals surface area (Å²) in [7, 11) is 0. The highest BCUT2D eigenvalue weighted by molar-refractivity contribution is 5.60. The summed E-state index contributed by atoms with van der Waals surface area (Å²) in [6.07, 6.45) is 2.43. The normalized spacial score (nSPS) is 14.7. The summed E-state index contributed by atoms with van der Waals surface area (Å²) in [4.78, 5) is 2.31. The number of para-hydroxylation sites is 2. The molecule has 1 saturated heterocycles. The predicted molar refractivity (Wildman–Crippen MR) is 74.4 cm³/mol. The molecule has 0 N–H and O–H groups in total. The molecular formula is C16H16FNO. The van der Waals surface area contributed by atoms with Gasteiger partial charge in [-0.25, -0.2) is 4.39 Å². The Bertz CT molecular complexity index is 564. The van der Waals surface area contributed by atoms with Gasteiger partial charge < -0.3 is 9.64 Å². The zero-order chi connectivity index (χ0) is 13.1. The van der Waals surface area contributed by atoms with E-state index < -0.39 is 0 Å². The van der Waals surface area contributed by atoms with Gasteiger partial charge in [-0.05, 0) is 37.1 Å². The van der Waals surface area contributed by atoms with Gasteiger partial charge in [0.15, 0.2) is 5.75 Å². The lowest BCUT2D eigenvalue weighted by Crippen LogP contribution is -2.18. The average molecular weight is 257 g/mol. The van der Waals surface area contributed by atoms with Crippen LogP contribution in [0.5, 0.6) is 11.5 Å². The first-order valence-electron chi connectivity index (χ1n) is 6.60. The Morgan fingerprint density at radius 2 is 1.74 bits per heavy atom. The van der Waals surface area contributed by atoms with Gasteiger partial charge in [-0.15, -0.1) is 0 Å². The third kappa shape index (κ3) is 2.70. The lowest BCUT2D eigenvalue weighted by molar-refractivity contribution is 0.476. The van der Waals surface area contributed by atoms with Crippen molar-refractivity contribution >= 4 is 5.69 Å². The van der Waals surface area contributed by atoms with E-state index in [2.05, 4.69) is 11.0 Å². The van der Waals surface area contributed by atoms with Crippen molar-refractivity contribution in [1.82, 2.24) is 0 Å². The summed E-state index contributed by atoms with van der Waals surface area (Å²) in [5.41, 5.74) is 1.09. The number of hydrogen-bond donors (Lipinski definition) is 0. The number of rotatable bonds is 3. The molecule has 0 radical (unpaired) electrons. The summed E-state index contributed by atoms with van der Waals surface area (Å²) >= 11 is 0. The van der Waals surface area contributed by atoms with Crippen LogP contribution < -0.4 is 9.64 Å². The lowest BCUT2D eigenvalue weighted by Gasteiger charge is -2.21. The molecule has 0 amide bonds. The second-order valence-electron chi connectivity index (χ2n) is 4.72. The fraction of sp³-hybridized carbons (Fsp3) is 0.250. The number of benzene rings is 2. The molecule has 0 unspecified atom stereocenters. The van der Waals surface area contributed by atoms with E-state index in [1.807, 2.05) is 18.2 Å². The zero-order valence-electron chi connectivity index (χ0n) is 10.7. The first-order chi connectivity index (χ1) is 9.33. The predicted octanol–water partition coefficient (Wildman–Crippen LogP) is 4.22. The molecule has 0 aromatic heterocycles. The Hall–Kier alpha value is -2.03. The zero-order valence-corrected chi connectivity index (χ0v) is 10.7. The molecule has 3 rings (SSSR count). The molecule has 0 atom stereocenters. The Kier molecular flexibility index (Phi) is 3.36. The summed E-state index contributed by atoms with van der Waals surface area (Å²) in [6.45, 7) is 2.12. The molecule has 98 valence electrons. The van der Waals surface area contributed by atoms with Crippen molar-refractivity contribution in [2.75, 3.05) is 18.0 Å². The van der Waals surface area contributed by atoms with Gasteiger partial charge in [-0.1, -0.05) is 18.2 Å². The first kappa shape index (κ1) is 12.0. The largest absolute Gasteiger partial charge is 0.455 e. The number of ether oxygens (including phenoxy) is 1. The standard InChI is InChI=1S/C16H16FNO/c17-13-6-5-7-14(12-13)19-16-9-2-1-8-15(16)18-10-3-4-11-18/h1-2,5-9,12H,3-4,10-11H2. The van der Waals surface area contributed by atoms with Crippen molar-refractivity contribution < 1.29 is 9.13 Å². The average Bonchev–Trinajstić information content (AvgIpc) is 2.93. The molecule has 0 spiro atoms. The number of halogens is 1. The Morgan fingerprint density at radius 1 is 0.947 bits per heavy atom. The van der Waals surface area contributed by atoms with E-state index in [9.17, 15) is 4.39 Å². The van der Waals surface area contributed by atoms with Crippen molar-refractivity contribution in [3.8, 4) is 11.5 Å². The van der Waals surface area contributed by atoms with Gasteiger partial charge in [-0.3, -0.25) is 0 Å². The van der Waals surface area contributed by atoms with Crippen LogP contribution in [0.2, 0.25) is 0 Å². The van der Waals surface area contributed by atoms with Gasteiger partial charge in [0.1, 0.15) is 11.6 Å². The van der Waals surface area contributed by atoms with Gasteiger partial charge >= 0.3 is 0 Å². The molecule has 0 aliphatic carbocycles. The topological polar surface area (TPSA) is 12.5 Å². The van der Waals surface area contributed by atoms with Gasteiger partial charge in [0, 0.05) is 19.2 Å². The summed E-state index contributed by atoms with van der Waals surface area (Å²) < 4.78 is 19.0. The van der Waals surface area contributed by atoms with E-state index in [4.69, 9.17) is 4.74 Å². The molecule has 19 heavy (non-hydrogen) atoms. The van der Waals surface area contributed by atoms with Crippen LogP contribution in [0.4, 0.5) is 10.1 Å². The molecule has 2 aromatic carbocycles. The van der Waals surface area contributed by atoms with E-state index >= 15 is 0 Å². The maximum absolute atomic E-state index is 13.2. The van der Waals surface area contributed by atoms with E-state index in [-0.39, 0.29) is 5.82 Å². The molecule has 3 heteroatoms.